The van der Waals surface area contributed by atoms with E-state index in [-0.39, 0.29) is 0 Å². The quantitative estimate of drug-likeness (QED) is 0.144. The van der Waals surface area contributed by atoms with Crippen LogP contribution in [0.2, 0.25) is 0 Å². The van der Waals surface area contributed by atoms with Crippen molar-refractivity contribution in [2.45, 2.75) is 78.1 Å². The zero-order valence-electron chi connectivity index (χ0n) is 20.5. The van der Waals surface area contributed by atoms with Crippen molar-refractivity contribution in [3.05, 3.63) is 66.7 Å². The van der Waals surface area contributed by atoms with Gasteiger partial charge in [-0.1, -0.05) is 52.4 Å². The summed E-state index contributed by atoms with van der Waals surface area (Å²) in [5, 5.41) is 4.46. The van der Waals surface area contributed by atoms with E-state index < -0.39 is 0 Å². The summed E-state index contributed by atoms with van der Waals surface area (Å²) in [6.45, 7) is 4.56. The summed E-state index contributed by atoms with van der Waals surface area (Å²) in [5.74, 6) is 0. The fourth-order valence-electron chi connectivity index (χ4n) is 4.22. The molecule has 0 amide bonds. The van der Waals surface area contributed by atoms with Crippen molar-refractivity contribution < 1.29 is 0 Å². The van der Waals surface area contributed by atoms with Crippen molar-refractivity contribution in [1.29, 1.82) is 0 Å². The Bertz CT molecular complexity index is 1060. The minimum absolute atomic E-state index is 1.22. The number of thiophene rings is 4. The highest BCUT2D eigenvalue weighted by Crippen LogP contribution is 2.38. The van der Waals surface area contributed by atoms with Gasteiger partial charge in [0.05, 0.1) is 0 Å². The fourth-order valence-corrected chi connectivity index (χ4v) is 8.14. The Hall–Kier alpha value is -1.46. The normalized spacial score (nSPS) is 11.7. The molecule has 0 atom stereocenters. The number of hydrogen-bond donors (Lipinski definition) is 0. The maximum absolute atomic E-state index is 2.34. The first-order valence-corrected chi connectivity index (χ1v) is 16.2. The smallest absolute Gasteiger partial charge is 0.0360 e. The molecule has 0 nitrogen and oxygen atoms in total. The van der Waals surface area contributed by atoms with E-state index in [1.54, 1.807) is 0 Å². The molecule has 0 N–H and O–H groups in total. The molecule has 0 aliphatic heterocycles. The predicted octanol–water partition coefficient (Wildman–Crippen LogP) is 11.7. The van der Waals surface area contributed by atoms with Gasteiger partial charge in [-0.15, -0.1) is 45.3 Å². The highest BCUT2D eigenvalue weighted by atomic mass is 32.1. The number of aryl methyl sites for hydroxylation is 2. The van der Waals surface area contributed by atoms with E-state index in [0.717, 1.165) is 0 Å². The molecule has 4 heterocycles. The third-order valence-electron chi connectivity index (χ3n) is 6.18. The van der Waals surface area contributed by atoms with E-state index in [0.29, 0.717) is 0 Å². The Balaban J connectivity index is 1.42. The second-order valence-electron chi connectivity index (χ2n) is 8.88. The Morgan fingerprint density at radius 1 is 0.559 bits per heavy atom. The lowest BCUT2D eigenvalue weighted by molar-refractivity contribution is 0.670. The molecule has 0 aliphatic rings. The lowest BCUT2D eigenvalue weighted by Crippen LogP contribution is -1.80. The van der Waals surface area contributed by atoms with Gasteiger partial charge < -0.3 is 0 Å². The minimum Gasteiger partial charge on any atom is -0.144 e. The van der Waals surface area contributed by atoms with Crippen molar-refractivity contribution >= 4 is 57.5 Å². The molecule has 0 aromatic carbocycles. The van der Waals surface area contributed by atoms with Crippen LogP contribution < -0.4 is 0 Å². The molecule has 0 unspecified atom stereocenters. The van der Waals surface area contributed by atoms with Gasteiger partial charge in [-0.05, 0) is 85.0 Å². The van der Waals surface area contributed by atoms with Crippen LogP contribution in [0.3, 0.4) is 0 Å². The van der Waals surface area contributed by atoms with Crippen molar-refractivity contribution in [3.8, 4) is 20.9 Å². The second-order valence-corrected chi connectivity index (χ2v) is 13.1. The zero-order chi connectivity index (χ0) is 23.6. The fraction of sp³-hybridized carbons (Fsp3) is 0.400. The predicted molar refractivity (Wildman–Crippen MR) is 160 cm³/mol. The standard InChI is InChI=1S/C30H36S4/c1-3-5-7-9-11-23-13-15-29(33-23)25-19-21-31-27(25)17-18-28-26(20-22-32-28)30-16-14-24(34-30)12-10-8-6-4-2/h13-22H,3-12H2,1-2H3/b18-17+. The molecule has 0 saturated heterocycles. The monoisotopic (exact) mass is 524 g/mol. The average molecular weight is 525 g/mol. The Kier molecular flexibility index (Phi) is 10.2. The molecule has 4 aromatic rings. The van der Waals surface area contributed by atoms with Crippen molar-refractivity contribution in [3.63, 3.8) is 0 Å². The highest BCUT2D eigenvalue weighted by Gasteiger charge is 2.11. The van der Waals surface area contributed by atoms with Gasteiger partial charge in [0.25, 0.3) is 0 Å². The van der Waals surface area contributed by atoms with Gasteiger partial charge >= 0.3 is 0 Å². The van der Waals surface area contributed by atoms with Crippen molar-refractivity contribution in [2.75, 3.05) is 0 Å². The van der Waals surface area contributed by atoms with E-state index in [2.05, 4.69) is 73.2 Å². The van der Waals surface area contributed by atoms with E-state index in [1.165, 1.54) is 105 Å². The van der Waals surface area contributed by atoms with Crippen LogP contribution in [0.1, 0.15) is 84.7 Å². The summed E-state index contributed by atoms with van der Waals surface area (Å²) in [7, 11) is 0. The summed E-state index contributed by atoms with van der Waals surface area (Å²) in [4.78, 5) is 8.59. The molecule has 0 fully saturated rings. The first kappa shape index (κ1) is 25.6. The van der Waals surface area contributed by atoms with Crippen LogP contribution in [-0.2, 0) is 12.8 Å². The van der Waals surface area contributed by atoms with Crippen LogP contribution in [0, 0.1) is 0 Å². The van der Waals surface area contributed by atoms with Gasteiger partial charge in [-0.2, -0.15) is 0 Å². The molecule has 0 saturated carbocycles. The number of hydrogen-bond acceptors (Lipinski definition) is 4. The van der Waals surface area contributed by atoms with Crippen LogP contribution in [0.15, 0.2) is 47.2 Å². The van der Waals surface area contributed by atoms with Crippen LogP contribution in [0.25, 0.3) is 33.0 Å². The van der Waals surface area contributed by atoms with Gasteiger partial charge in [-0.25, -0.2) is 0 Å². The number of rotatable bonds is 14. The highest BCUT2D eigenvalue weighted by molar-refractivity contribution is 7.17. The first-order valence-electron chi connectivity index (χ1n) is 12.8. The lowest BCUT2D eigenvalue weighted by Gasteiger charge is -1.99. The SMILES string of the molecule is CCCCCCc1ccc(-c2ccsc2/C=C/c2sccc2-c2ccc(CCCCCC)s2)s1. The van der Waals surface area contributed by atoms with Gasteiger partial charge in [0, 0.05) is 40.4 Å². The minimum atomic E-state index is 1.22. The Morgan fingerprint density at radius 3 is 1.47 bits per heavy atom. The zero-order valence-corrected chi connectivity index (χ0v) is 23.7. The summed E-state index contributed by atoms with van der Waals surface area (Å²) < 4.78 is 0. The molecular formula is C30H36S4. The summed E-state index contributed by atoms with van der Waals surface area (Å²) in [6, 6.07) is 13.9. The van der Waals surface area contributed by atoms with Crippen LogP contribution >= 0.6 is 45.3 Å². The average Bonchev–Trinajstić information content (AvgIpc) is 3.65. The maximum atomic E-state index is 2.34. The summed E-state index contributed by atoms with van der Waals surface area (Å²) in [5.41, 5.74) is 2.77. The molecule has 0 radical (unpaired) electrons. The number of unbranched alkanes of at least 4 members (excludes halogenated alkanes) is 6. The molecule has 4 heteroatoms. The largest absolute Gasteiger partial charge is 0.144 e. The van der Waals surface area contributed by atoms with Crippen LogP contribution in [0.5, 0.6) is 0 Å². The third kappa shape index (κ3) is 7.04. The summed E-state index contributed by atoms with van der Waals surface area (Å²) in [6.07, 6.45) is 17.8. The van der Waals surface area contributed by atoms with Crippen molar-refractivity contribution in [1.82, 2.24) is 0 Å². The molecule has 4 rings (SSSR count). The molecule has 0 bridgehead atoms. The van der Waals surface area contributed by atoms with E-state index >= 15 is 0 Å². The van der Waals surface area contributed by atoms with Crippen molar-refractivity contribution in [2.24, 2.45) is 0 Å². The Labute approximate surface area is 222 Å². The molecule has 34 heavy (non-hydrogen) atoms. The Morgan fingerprint density at radius 2 is 1.03 bits per heavy atom. The molecule has 0 aliphatic carbocycles. The topological polar surface area (TPSA) is 0 Å². The summed E-state index contributed by atoms with van der Waals surface area (Å²) >= 11 is 7.64. The molecule has 4 aromatic heterocycles. The third-order valence-corrected chi connectivity index (χ3v) is 10.3. The van der Waals surface area contributed by atoms with E-state index in [1.807, 2.05) is 45.3 Å². The van der Waals surface area contributed by atoms with Gasteiger partial charge in [0.2, 0.25) is 0 Å². The maximum Gasteiger partial charge on any atom is 0.0360 e. The van der Waals surface area contributed by atoms with E-state index in [4.69, 9.17) is 0 Å². The molecular weight excluding hydrogens is 489 g/mol. The van der Waals surface area contributed by atoms with Crippen LogP contribution in [0.4, 0.5) is 0 Å². The second kappa shape index (κ2) is 13.6. The van der Waals surface area contributed by atoms with Crippen LogP contribution in [-0.4, -0.2) is 0 Å². The van der Waals surface area contributed by atoms with Gasteiger partial charge in [0.1, 0.15) is 0 Å². The first-order chi connectivity index (χ1) is 16.8. The van der Waals surface area contributed by atoms with Gasteiger partial charge in [-0.3, -0.25) is 0 Å². The molecule has 0 spiro atoms. The lowest BCUT2D eigenvalue weighted by atomic mass is 10.1. The van der Waals surface area contributed by atoms with Gasteiger partial charge in [0.15, 0.2) is 0 Å². The molecule has 180 valence electrons. The van der Waals surface area contributed by atoms with E-state index in [9.17, 15) is 0 Å².